The molecule has 1 aromatic rings. The van der Waals surface area contributed by atoms with Crippen LogP contribution in [0.25, 0.3) is 0 Å². The zero-order chi connectivity index (χ0) is 12.8. The lowest BCUT2D eigenvalue weighted by atomic mass is 9.76. The second-order valence-corrected chi connectivity index (χ2v) is 5.29. The Hall–Kier alpha value is -0.960. The molecule has 3 heteroatoms. The maximum absolute atomic E-state index is 13.3. The first-order chi connectivity index (χ1) is 8.81. The van der Waals surface area contributed by atoms with Gasteiger partial charge in [-0.15, -0.1) is 0 Å². The van der Waals surface area contributed by atoms with Crippen LogP contribution in [0, 0.1) is 11.7 Å². The molecule has 100 valence electrons. The summed E-state index contributed by atoms with van der Waals surface area (Å²) >= 11 is 0. The highest BCUT2D eigenvalue weighted by molar-refractivity contribution is 5.17. The van der Waals surface area contributed by atoms with E-state index in [0.29, 0.717) is 11.8 Å². The minimum Gasteiger partial charge on any atom is -0.316 e. The molecule has 1 heterocycles. The first-order valence-electron chi connectivity index (χ1n) is 7.12. The number of nitrogens with one attached hydrogen (secondary N) is 1. The third kappa shape index (κ3) is 3.52. The molecule has 2 atom stereocenters. The molecular weight excluding hydrogens is 227 g/mol. The molecular formula is C15H23FN2. The predicted octanol–water partition coefficient (Wildman–Crippen LogP) is 3.49. The Balaban J connectivity index is 2.03. The molecule has 0 bridgehead atoms. The van der Waals surface area contributed by atoms with E-state index in [1.807, 2.05) is 6.20 Å². The first-order valence-corrected chi connectivity index (χ1v) is 7.12. The smallest absolute Gasteiger partial charge is 0.141 e. The molecule has 1 aliphatic carbocycles. The fourth-order valence-electron chi connectivity index (χ4n) is 2.99. The van der Waals surface area contributed by atoms with Crippen LogP contribution in [-0.2, 0) is 0 Å². The zero-order valence-electron chi connectivity index (χ0n) is 11.2. The van der Waals surface area contributed by atoms with E-state index in [4.69, 9.17) is 0 Å². The number of halogens is 1. The van der Waals surface area contributed by atoms with Gasteiger partial charge in [-0.1, -0.05) is 19.8 Å². The molecule has 0 spiro atoms. The van der Waals surface area contributed by atoms with Gasteiger partial charge in [0.1, 0.15) is 5.82 Å². The van der Waals surface area contributed by atoms with Gasteiger partial charge in [-0.2, -0.15) is 0 Å². The van der Waals surface area contributed by atoms with E-state index in [9.17, 15) is 4.39 Å². The highest BCUT2D eigenvalue weighted by Crippen LogP contribution is 2.37. The van der Waals surface area contributed by atoms with Crippen LogP contribution in [-0.4, -0.2) is 18.1 Å². The number of rotatable bonds is 5. The van der Waals surface area contributed by atoms with Crippen molar-refractivity contribution >= 4 is 0 Å². The Morgan fingerprint density at radius 2 is 2.17 bits per heavy atom. The summed E-state index contributed by atoms with van der Waals surface area (Å²) in [5.74, 6) is 0.901. The van der Waals surface area contributed by atoms with Gasteiger partial charge < -0.3 is 5.32 Å². The highest BCUT2D eigenvalue weighted by Gasteiger charge is 2.26. The van der Waals surface area contributed by atoms with Crippen LogP contribution in [0.15, 0.2) is 18.5 Å². The first kappa shape index (κ1) is 13.5. The van der Waals surface area contributed by atoms with Crippen molar-refractivity contribution in [2.45, 2.75) is 44.9 Å². The third-order valence-corrected chi connectivity index (χ3v) is 3.90. The lowest BCUT2D eigenvalue weighted by Gasteiger charge is -2.32. The Labute approximate surface area is 109 Å². The molecule has 0 saturated heterocycles. The Morgan fingerprint density at radius 3 is 2.94 bits per heavy atom. The van der Waals surface area contributed by atoms with E-state index in [0.717, 1.165) is 18.7 Å². The topological polar surface area (TPSA) is 24.9 Å². The summed E-state index contributed by atoms with van der Waals surface area (Å²) in [5, 5.41) is 3.50. The summed E-state index contributed by atoms with van der Waals surface area (Å²) in [7, 11) is 0. The lowest BCUT2D eigenvalue weighted by Crippen LogP contribution is -2.30. The van der Waals surface area contributed by atoms with Gasteiger partial charge >= 0.3 is 0 Å². The largest absolute Gasteiger partial charge is 0.316 e. The number of aromatic nitrogens is 1. The minimum absolute atomic E-state index is 0.210. The molecule has 0 aromatic carbocycles. The van der Waals surface area contributed by atoms with Gasteiger partial charge in [-0.25, -0.2) is 4.39 Å². The number of pyridine rings is 1. The SMILES string of the molecule is CCCNCC1CCCCC1c1cncc(F)c1. The van der Waals surface area contributed by atoms with Gasteiger partial charge in [-0.05, 0) is 55.8 Å². The van der Waals surface area contributed by atoms with Gasteiger partial charge in [0.25, 0.3) is 0 Å². The Kier molecular flexibility index (Phi) is 5.12. The van der Waals surface area contributed by atoms with Crippen LogP contribution in [0.4, 0.5) is 4.39 Å². The fourth-order valence-corrected chi connectivity index (χ4v) is 2.99. The number of hydrogen-bond donors (Lipinski definition) is 1. The normalized spacial score (nSPS) is 24.1. The van der Waals surface area contributed by atoms with E-state index in [2.05, 4.69) is 17.2 Å². The van der Waals surface area contributed by atoms with Crippen LogP contribution in [0.5, 0.6) is 0 Å². The lowest BCUT2D eigenvalue weighted by molar-refractivity contribution is 0.295. The van der Waals surface area contributed by atoms with Crippen molar-refractivity contribution in [3.05, 3.63) is 29.8 Å². The summed E-state index contributed by atoms with van der Waals surface area (Å²) in [6.45, 7) is 4.31. The van der Waals surface area contributed by atoms with Crippen molar-refractivity contribution in [1.29, 1.82) is 0 Å². The summed E-state index contributed by atoms with van der Waals surface area (Å²) in [5.41, 5.74) is 1.08. The van der Waals surface area contributed by atoms with Crippen molar-refractivity contribution in [2.75, 3.05) is 13.1 Å². The van der Waals surface area contributed by atoms with Crippen LogP contribution in [0.2, 0.25) is 0 Å². The maximum Gasteiger partial charge on any atom is 0.141 e. The van der Waals surface area contributed by atoms with E-state index < -0.39 is 0 Å². The summed E-state index contributed by atoms with van der Waals surface area (Å²) in [6, 6.07) is 1.66. The molecule has 1 fully saturated rings. The molecule has 1 N–H and O–H groups in total. The number of nitrogens with zero attached hydrogens (tertiary/aromatic N) is 1. The maximum atomic E-state index is 13.3. The van der Waals surface area contributed by atoms with Crippen molar-refractivity contribution in [1.82, 2.24) is 10.3 Å². The second-order valence-electron chi connectivity index (χ2n) is 5.29. The highest BCUT2D eigenvalue weighted by atomic mass is 19.1. The third-order valence-electron chi connectivity index (χ3n) is 3.90. The van der Waals surface area contributed by atoms with Crippen LogP contribution < -0.4 is 5.32 Å². The Morgan fingerprint density at radius 1 is 1.33 bits per heavy atom. The molecule has 2 rings (SSSR count). The van der Waals surface area contributed by atoms with E-state index in [1.165, 1.54) is 38.3 Å². The van der Waals surface area contributed by atoms with Gasteiger partial charge in [0.05, 0.1) is 6.20 Å². The van der Waals surface area contributed by atoms with Gasteiger partial charge in [0.2, 0.25) is 0 Å². The standard InChI is InChI=1S/C15H23FN2/c1-2-7-17-9-12-5-3-4-6-15(12)13-8-14(16)11-18-10-13/h8,10-12,15,17H,2-7,9H2,1H3. The van der Waals surface area contributed by atoms with E-state index in [-0.39, 0.29) is 5.82 Å². The zero-order valence-corrected chi connectivity index (χ0v) is 11.2. The molecule has 0 amide bonds. The van der Waals surface area contributed by atoms with Crippen molar-refractivity contribution in [2.24, 2.45) is 5.92 Å². The molecule has 2 nitrogen and oxygen atoms in total. The van der Waals surface area contributed by atoms with Crippen molar-refractivity contribution in [3.8, 4) is 0 Å². The molecule has 1 aromatic heterocycles. The van der Waals surface area contributed by atoms with E-state index in [1.54, 1.807) is 6.07 Å². The van der Waals surface area contributed by atoms with Crippen LogP contribution in [0.1, 0.15) is 50.5 Å². The summed E-state index contributed by atoms with van der Waals surface area (Å²) in [4.78, 5) is 3.99. The van der Waals surface area contributed by atoms with Crippen LogP contribution in [0.3, 0.4) is 0 Å². The van der Waals surface area contributed by atoms with Gasteiger partial charge in [0.15, 0.2) is 0 Å². The van der Waals surface area contributed by atoms with Gasteiger partial charge in [0, 0.05) is 6.20 Å². The van der Waals surface area contributed by atoms with Crippen molar-refractivity contribution < 1.29 is 4.39 Å². The number of hydrogen-bond acceptors (Lipinski definition) is 2. The minimum atomic E-state index is -0.210. The van der Waals surface area contributed by atoms with Gasteiger partial charge in [-0.3, -0.25) is 4.98 Å². The average Bonchev–Trinajstić information content (AvgIpc) is 2.40. The van der Waals surface area contributed by atoms with Crippen LogP contribution >= 0.6 is 0 Å². The molecule has 1 saturated carbocycles. The molecule has 1 aliphatic rings. The second kappa shape index (κ2) is 6.83. The van der Waals surface area contributed by atoms with E-state index >= 15 is 0 Å². The summed E-state index contributed by atoms with van der Waals surface area (Å²) < 4.78 is 13.3. The monoisotopic (exact) mass is 250 g/mol. The molecule has 0 aliphatic heterocycles. The Bertz CT molecular complexity index is 367. The average molecular weight is 250 g/mol. The molecule has 2 unspecified atom stereocenters. The predicted molar refractivity (Wildman–Crippen MR) is 72.1 cm³/mol. The van der Waals surface area contributed by atoms with Crippen molar-refractivity contribution in [3.63, 3.8) is 0 Å². The molecule has 18 heavy (non-hydrogen) atoms. The molecule has 0 radical (unpaired) electrons. The summed E-state index contributed by atoms with van der Waals surface area (Å²) in [6.07, 6.45) is 9.27. The fraction of sp³-hybridized carbons (Fsp3) is 0.667. The quantitative estimate of drug-likeness (QED) is 0.809.